The van der Waals surface area contributed by atoms with Crippen molar-refractivity contribution in [2.45, 2.75) is 51.5 Å². The fraction of sp³-hybridized carbons (Fsp3) is 0.609. The average molecular weight is 418 g/mol. The van der Waals surface area contributed by atoms with Crippen LogP contribution in [0.25, 0.3) is 10.1 Å². The number of fused-ring (bicyclic) bond motifs is 1. The van der Waals surface area contributed by atoms with Crippen molar-refractivity contribution >= 4 is 33.0 Å². The van der Waals surface area contributed by atoms with E-state index < -0.39 is 0 Å². The van der Waals surface area contributed by atoms with Gasteiger partial charge in [0.2, 0.25) is 5.91 Å². The zero-order valence-corrected chi connectivity index (χ0v) is 18.1. The van der Waals surface area contributed by atoms with Gasteiger partial charge in [0, 0.05) is 54.1 Å². The molecule has 2 aliphatic rings. The predicted molar refractivity (Wildman–Crippen MR) is 119 cm³/mol. The molecule has 2 unspecified atom stereocenters. The van der Waals surface area contributed by atoms with Gasteiger partial charge in [-0.25, -0.2) is 4.39 Å². The maximum absolute atomic E-state index is 13.4. The minimum atomic E-state index is -0.169. The lowest BCUT2D eigenvalue weighted by Crippen LogP contribution is -2.46. The number of nitrogens with zero attached hydrogens (tertiary/aromatic N) is 2. The second kappa shape index (κ2) is 9.43. The second-order valence-electron chi connectivity index (χ2n) is 8.73. The zero-order valence-electron chi connectivity index (χ0n) is 17.3. The molecule has 0 bridgehead atoms. The van der Waals surface area contributed by atoms with Crippen molar-refractivity contribution < 1.29 is 9.18 Å². The Morgan fingerprint density at radius 2 is 2.07 bits per heavy atom. The molecule has 1 aromatic carbocycles. The fourth-order valence-electron chi connectivity index (χ4n) is 4.77. The van der Waals surface area contributed by atoms with E-state index in [0.717, 1.165) is 68.0 Å². The highest BCUT2D eigenvalue weighted by atomic mass is 32.1. The van der Waals surface area contributed by atoms with Crippen LogP contribution in [0.1, 0.15) is 45.4 Å². The first-order valence-electron chi connectivity index (χ1n) is 11.0. The highest BCUT2D eigenvalue weighted by Crippen LogP contribution is 2.34. The van der Waals surface area contributed by atoms with Crippen LogP contribution in [0, 0.1) is 11.7 Å². The number of rotatable bonds is 6. The van der Waals surface area contributed by atoms with Crippen LogP contribution in [0.4, 0.5) is 10.1 Å². The topological polar surface area (TPSA) is 35.6 Å². The Morgan fingerprint density at radius 1 is 1.24 bits per heavy atom. The normalized spacial score (nSPS) is 23.4. The number of nitrogens with one attached hydrogen (secondary N) is 1. The number of anilines is 1. The van der Waals surface area contributed by atoms with Crippen LogP contribution in [0.15, 0.2) is 23.6 Å². The zero-order chi connectivity index (χ0) is 20.2. The van der Waals surface area contributed by atoms with Crippen LogP contribution in [-0.4, -0.2) is 49.6 Å². The molecule has 6 heteroatoms. The first-order valence-corrected chi connectivity index (χ1v) is 11.9. The Labute approximate surface area is 177 Å². The lowest BCUT2D eigenvalue weighted by molar-refractivity contribution is -0.122. The summed E-state index contributed by atoms with van der Waals surface area (Å²) in [5.74, 6) is 0.794. The second-order valence-corrected chi connectivity index (χ2v) is 9.64. The van der Waals surface area contributed by atoms with Crippen LogP contribution < -0.4 is 10.2 Å². The largest absolute Gasteiger partial charge is 0.368 e. The summed E-state index contributed by atoms with van der Waals surface area (Å²) in [7, 11) is 0. The van der Waals surface area contributed by atoms with Gasteiger partial charge in [0.05, 0.1) is 5.69 Å². The van der Waals surface area contributed by atoms with Gasteiger partial charge in [-0.1, -0.05) is 19.8 Å². The molecular formula is C23H32FN3OS. The smallest absolute Gasteiger partial charge is 0.220 e. The molecule has 1 N–H and O–H groups in total. The van der Waals surface area contributed by atoms with E-state index in [2.05, 4.69) is 27.4 Å². The van der Waals surface area contributed by atoms with Gasteiger partial charge < -0.3 is 10.2 Å². The van der Waals surface area contributed by atoms with Crippen LogP contribution >= 0.6 is 11.3 Å². The Morgan fingerprint density at radius 3 is 2.86 bits per heavy atom. The van der Waals surface area contributed by atoms with E-state index in [1.165, 1.54) is 18.5 Å². The minimum Gasteiger partial charge on any atom is -0.368 e. The van der Waals surface area contributed by atoms with E-state index in [-0.39, 0.29) is 11.7 Å². The molecule has 4 nitrogen and oxygen atoms in total. The van der Waals surface area contributed by atoms with Crippen molar-refractivity contribution in [3.63, 3.8) is 0 Å². The molecular weight excluding hydrogens is 385 g/mol. The highest BCUT2D eigenvalue weighted by molar-refractivity contribution is 7.17. The predicted octanol–water partition coefficient (Wildman–Crippen LogP) is 4.64. The summed E-state index contributed by atoms with van der Waals surface area (Å²) in [4.78, 5) is 17.1. The summed E-state index contributed by atoms with van der Waals surface area (Å²) < 4.78 is 14.4. The van der Waals surface area contributed by atoms with Crippen LogP contribution in [-0.2, 0) is 4.79 Å². The molecule has 29 heavy (non-hydrogen) atoms. The molecule has 0 radical (unpaired) electrons. The molecule has 2 aromatic rings. The fourth-order valence-corrected chi connectivity index (χ4v) is 5.77. The highest BCUT2D eigenvalue weighted by Gasteiger charge is 2.22. The summed E-state index contributed by atoms with van der Waals surface area (Å²) in [6.07, 6.45) is 6.38. The maximum Gasteiger partial charge on any atom is 0.220 e. The number of hydrogen-bond acceptors (Lipinski definition) is 4. The molecule has 1 saturated carbocycles. The third-order valence-electron chi connectivity index (χ3n) is 6.41. The molecule has 1 saturated heterocycles. The molecule has 0 spiro atoms. The van der Waals surface area contributed by atoms with Crippen LogP contribution in [0.2, 0.25) is 0 Å². The molecule has 1 aliphatic heterocycles. The van der Waals surface area contributed by atoms with Crippen molar-refractivity contribution in [1.29, 1.82) is 0 Å². The molecule has 1 aromatic heterocycles. The van der Waals surface area contributed by atoms with Crippen molar-refractivity contribution in [1.82, 2.24) is 10.2 Å². The maximum atomic E-state index is 13.4. The molecule has 2 fully saturated rings. The standard InChI is InChI=1S/C23H32FN3OS/c1-17-4-2-5-19(14-17)25-23(28)6-3-9-26-10-12-27(13-11-26)21-16-29-22-15-18(24)7-8-20(21)22/h7-8,15-17,19H,2-6,9-14H2,1H3,(H,25,28). The SMILES string of the molecule is CC1CCCC(NC(=O)CCCN2CCN(c3csc4cc(F)ccc34)CC2)C1. The molecule has 4 rings (SSSR count). The van der Waals surface area contributed by atoms with E-state index in [1.54, 1.807) is 23.5 Å². The third-order valence-corrected chi connectivity index (χ3v) is 7.34. The number of carbonyl (C=O) groups is 1. The van der Waals surface area contributed by atoms with Crippen LogP contribution in [0.5, 0.6) is 0 Å². The van der Waals surface area contributed by atoms with Gasteiger partial charge in [0.15, 0.2) is 0 Å². The van der Waals surface area contributed by atoms with E-state index >= 15 is 0 Å². The summed E-state index contributed by atoms with van der Waals surface area (Å²) in [6.45, 7) is 7.26. The Balaban J connectivity index is 1.18. The van der Waals surface area contributed by atoms with Gasteiger partial charge >= 0.3 is 0 Å². The van der Waals surface area contributed by atoms with Crippen molar-refractivity contribution in [2.24, 2.45) is 5.92 Å². The molecule has 2 heterocycles. The Hall–Kier alpha value is -1.66. The monoisotopic (exact) mass is 417 g/mol. The number of thiophene rings is 1. The Bertz CT molecular complexity index is 831. The molecule has 1 aliphatic carbocycles. The Kier molecular flexibility index (Phi) is 6.70. The van der Waals surface area contributed by atoms with Crippen molar-refractivity contribution in [2.75, 3.05) is 37.6 Å². The molecule has 158 valence electrons. The number of piperazine rings is 1. The van der Waals surface area contributed by atoms with E-state index in [0.29, 0.717) is 12.5 Å². The number of amides is 1. The summed E-state index contributed by atoms with van der Waals surface area (Å²) in [6, 6.07) is 5.46. The van der Waals surface area contributed by atoms with Crippen molar-refractivity contribution in [3.05, 3.63) is 29.4 Å². The van der Waals surface area contributed by atoms with E-state index in [9.17, 15) is 9.18 Å². The van der Waals surface area contributed by atoms with Gasteiger partial charge in [0.25, 0.3) is 0 Å². The lowest BCUT2D eigenvalue weighted by atomic mass is 9.87. The number of benzene rings is 1. The van der Waals surface area contributed by atoms with Gasteiger partial charge in [0.1, 0.15) is 5.82 Å². The summed E-state index contributed by atoms with van der Waals surface area (Å²) in [5, 5.41) is 6.54. The number of halogens is 1. The first-order chi connectivity index (χ1) is 14.1. The van der Waals surface area contributed by atoms with E-state index in [1.807, 2.05) is 6.07 Å². The summed E-state index contributed by atoms with van der Waals surface area (Å²) in [5.41, 5.74) is 1.23. The number of hydrogen-bond donors (Lipinski definition) is 1. The van der Waals surface area contributed by atoms with Crippen molar-refractivity contribution in [3.8, 4) is 0 Å². The molecule has 1 amide bonds. The van der Waals surface area contributed by atoms with Crippen LogP contribution in [0.3, 0.4) is 0 Å². The molecule has 2 atom stereocenters. The van der Waals surface area contributed by atoms with Gasteiger partial charge in [-0.2, -0.15) is 0 Å². The number of carbonyl (C=O) groups excluding carboxylic acids is 1. The third kappa shape index (κ3) is 5.28. The minimum absolute atomic E-state index is 0.169. The summed E-state index contributed by atoms with van der Waals surface area (Å²) >= 11 is 1.61. The first kappa shape index (κ1) is 20.6. The lowest BCUT2D eigenvalue weighted by Gasteiger charge is -2.36. The van der Waals surface area contributed by atoms with Gasteiger partial charge in [-0.15, -0.1) is 11.3 Å². The quantitative estimate of drug-likeness (QED) is 0.744. The average Bonchev–Trinajstić information content (AvgIpc) is 3.11. The van der Waals surface area contributed by atoms with Gasteiger partial charge in [-0.3, -0.25) is 9.69 Å². The van der Waals surface area contributed by atoms with Gasteiger partial charge in [-0.05, 0) is 49.9 Å². The van der Waals surface area contributed by atoms with E-state index in [4.69, 9.17) is 0 Å².